The van der Waals surface area contributed by atoms with E-state index in [9.17, 15) is 5.11 Å². The van der Waals surface area contributed by atoms with Gasteiger partial charge in [0.05, 0.1) is 12.8 Å². The van der Waals surface area contributed by atoms with Crippen molar-refractivity contribution < 1.29 is 14.6 Å². The van der Waals surface area contributed by atoms with Crippen molar-refractivity contribution in [3.8, 4) is 17.2 Å². The molecule has 0 fully saturated rings. The van der Waals surface area contributed by atoms with Crippen LogP contribution >= 0.6 is 0 Å². The molecule has 3 rings (SSSR count). The van der Waals surface area contributed by atoms with E-state index in [2.05, 4.69) is 4.57 Å². The number of phenolic OH excluding ortho intramolecular Hbond substituents is 1. The third-order valence-corrected chi connectivity index (χ3v) is 3.57. The lowest BCUT2D eigenvalue weighted by Crippen LogP contribution is -2.02. The smallest absolute Gasteiger partial charge is 0.161 e. The van der Waals surface area contributed by atoms with E-state index in [4.69, 9.17) is 9.47 Å². The lowest BCUT2D eigenvalue weighted by Gasteiger charge is -2.10. The molecule has 21 heavy (non-hydrogen) atoms. The molecule has 4 nitrogen and oxygen atoms in total. The molecule has 2 aromatic carbocycles. The number of ether oxygens (including phenoxy) is 2. The molecule has 0 aliphatic rings. The number of benzene rings is 2. The Hall–Kier alpha value is -2.62. The largest absolute Gasteiger partial charge is 0.508 e. The predicted octanol–water partition coefficient (Wildman–Crippen LogP) is 3.47. The number of rotatable bonds is 4. The Morgan fingerprint density at radius 1 is 1.05 bits per heavy atom. The summed E-state index contributed by atoms with van der Waals surface area (Å²) >= 11 is 0. The van der Waals surface area contributed by atoms with Crippen LogP contribution < -0.4 is 9.47 Å². The monoisotopic (exact) mass is 283 g/mol. The number of fused-ring (bicyclic) bond motifs is 1. The van der Waals surface area contributed by atoms with Gasteiger partial charge in [-0.2, -0.15) is 0 Å². The molecule has 0 aliphatic carbocycles. The highest BCUT2D eigenvalue weighted by atomic mass is 16.5. The molecular formula is C17H17NO3. The molecule has 1 aromatic heterocycles. The van der Waals surface area contributed by atoms with Gasteiger partial charge in [0.2, 0.25) is 0 Å². The Kier molecular flexibility index (Phi) is 3.44. The van der Waals surface area contributed by atoms with Crippen LogP contribution in [0.2, 0.25) is 0 Å². The molecule has 0 aliphatic heterocycles. The number of aryl methyl sites for hydroxylation is 1. The van der Waals surface area contributed by atoms with Gasteiger partial charge in [0, 0.05) is 18.0 Å². The minimum absolute atomic E-state index is 0.269. The van der Waals surface area contributed by atoms with E-state index in [-0.39, 0.29) is 5.75 Å². The zero-order chi connectivity index (χ0) is 14.8. The first-order valence-corrected chi connectivity index (χ1v) is 6.72. The predicted molar refractivity (Wildman–Crippen MR) is 81.9 cm³/mol. The van der Waals surface area contributed by atoms with E-state index in [0.717, 1.165) is 16.6 Å². The van der Waals surface area contributed by atoms with E-state index < -0.39 is 0 Å². The first-order valence-electron chi connectivity index (χ1n) is 6.72. The summed E-state index contributed by atoms with van der Waals surface area (Å²) in [6.07, 6.45) is 0. The lowest BCUT2D eigenvalue weighted by atomic mass is 10.2. The van der Waals surface area contributed by atoms with Crippen LogP contribution in [0.4, 0.5) is 0 Å². The van der Waals surface area contributed by atoms with Crippen LogP contribution in [-0.4, -0.2) is 16.8 Å². The molecule has 0 amide bonds. The van der Waals surface area contributed by atoms with Gasteiger partial charge < -0.3 is 19.1 Å². The van der Waals surface area contributed by atoms with Gasteiger partial charge in [-0.25, -0.2) is 0 Å². The molecule has 4 heteroatoms. The van der Waals surface area contributed by atoms with Crippen LogP contribution in [-0.2, 0) is 13.7 Å². The Morgan fingerprint density at radius 3 is 2.57 bits per heavy atom. The molecule has 0 radical (unpaired) electrons. The topological polar surface area (TPSA) is 43.6 Å². The zero-order valence-corrected chi connectivity index (χ0v) is 12.0. The number of nitrogens with zero attached hydrogens (tertiary/aromatic N) is 1. The van der Waals surface area contributed by atoms with Crippen LogP contribution in [0.1, 0.15) is 5.69 Å². The van der Waals surface area contributed by atoms with Gasteiger partial charge in [0.25, 0.3) is 0 Å². The van der Waals surface area contributed by atoms with Gasteiger partial charge in [0.1, 0.15) is 12.4 Å². The summed E-state index contributed by atoms with van der Waals surface area (Å²) < 4.78 is 13.2. The van der Waals surface area contributed by atoms with E-state index >= 15 is 0 Å². The maximum Gasteiger partial charge on any atom is 0.161 e. The summed E-state index contributed by atoms with van der Waals surface area (Å²) in [7, 11) is 3.61. The highest BCUT2D eigenvalue weighted by Gasteiger charge is 2.08. The van der Waals surface area contributed by atoms with Crippen molar-refractivity contribution in [2.75, 3.05) is 7.11 Å². The van der Waals surface area contributed by atoms with Crippen LogP contribution in [0.15, 0.2) is 48.5 Å². The minimum atomic E-state index is 0.269. The van der Waals surface area contributed by atoms with Crippen molar-refractivity contribution in [1.29, 1.82) is 0 Å². The van der Waals surface area contributed by atoms with Crippen molar-refractivity contribution in [1.82, 2.24) is 4.57 Å². The van der Waals surface area contributed by atoms with E-state index in [1.54, 1.807) is 19.2 Å². The number of para-hydroxylation sites is 2. The van der Waals surface area contributed by atoms with Crippen LogP contribution in [0, 0.1) is 0 Å². The van der Waals surface area contributed by atoms with Gasteiger partial charge in [-0.1, -0.05) is 12.1 Å². The fourth-order valence-electron chi connectivity index (χ4n) is 2.42. The summed E-state index contributed by atoms with van der Waals surface area (Å²) in [5, 5.41) is 10.5. The summed E-state index contributed by atoms with van der Waals surface area (Å²) in [6.45, 7) is 0.437. The van der Waals surface area contributed by atoms with Gasteiger partial charge in [-0.05, 0) is 36.4 Å². The Bertz CT molecular complexity index is 777. The van der Waals surface area contributed by atoms with Crippen molar-refractivity contribution in [3.63, 3.8) is 0 Å². The molecular weight excluding hydrogens is 266 g/mol. The molecule has 0 bridgehead atoms. The van der Waals surface area contributed by atoms with Crippen LogP contribution in [0.25, 0.3) is 10.9 Å². The SMILES string of the molecule is COc1ccccc1OCc1cc2cc(O)ccc2n1C. The van der Waals surface area contributed by atoms with Crippen molar-refractivity contribution >= 4 is 10.9 Å². The molecule has 1 heterocycles. The average Bonchev–Trinajstić information content (AvgIpc) is 2.81. The minimum Gasteiger partial charge on any atom is -0.508 e. The highest BCUT2D eigenvalue weighted by Crippen LogP contribution is 2.28. The summed E-state index contributed by atoms with van der Waals surface area (Å²) in [5.74, 6) is 1.70. The third-order valence-electron chi connectivity index (χ3n) is 3.57. The Balaban J connectivity index is 1.87. The lowest BCUT2D eigenvalue weighted by molar-refractivity contribution is 0.278. The molecule has 1 N–H and O–H groups in total. The number of hydrogen-bond acceptors (Lipinski definition) is 3. The first kappa shape index (κ1) is 13.4. The molecule has 0 unspecified atom stereocenters. The second-order valence-corrected chi connectivity index (χ2v) is 4.88. The maximum absolute atomic E-state index is 9.55. The van der Waals surface area contributed by atoms with Crippen LogP contribution in [0.5, 0.6) is 17.2 Å². The fourth-order valence-corrected chi connectivity index (χ4v) is 2.42. The third kappa shape index (κ3) is 2.52. The van der Waals surface area contributed by atoms with Gasteiger partial charge in [-0.3, -0.25) is 0 Å². The van der Waals surface area contributed by atoms with Crippen LogP contribution in [0.3, 0.4) is 0 Å². The molecule has 3 aromatic rings. The quantitative estimate of drug-likeness (QED) is 0.797. The fraction of sp³-hybridized carbons (Fsp3) is 0.176. The molecule has 108 valence electrons. The Labute approximate surface area is 123 Å². The average molecular weight is 283 g/mol. The van der Waals surface area contributed by atoms with Gasteiger partial charge in [-0.15, -0.1) is 0 Å². The second-order valence-electron chi connectivity index (χ2n) is 4.88. The summed E-state index contributed by atoms with van der Waals surface area (Å²) in [4.78, 5) is 0. The number of phenols is 1. The van der Waals surface area contributed by atoms with E-state index in [0.29, 0.717) is 18.1 Å². The van der Waals surface area contributed by atoms with E-state index in [1.807, 2.05) is 43.4 Å². The normalized spacial score (nSPS) is 10.8. The molecule has 0 atom stereocenters. The standard InChI is InChI=1S/C17H17NO3/c1-18-13(9-12-10-14(19)7-8-15(12)18)11-21-17-6-4-3-5-16(17)20-2/h3-10,19H,11H2,1-2H3. The molecule has 0 spiro atoms. The number of hydrogen-bond donors (Lipinski definition) is 1. The van der Waals surface area contributed by atoms with Crippen molar-refractivity contribution in [2.24, 2.45) is 7.05 Å². The number of aromatic hydroxyl groups is 1. The number of methoxy groups -OCH3 is 1. The first-order chi connectivity index (χ1) is 10.2. The second kappa shape index (κ2) is 5.40. The molecule has 0 saturated carbocycles. The van der Waals surface area contributed by atoms with Crippen molar-refractivity contribution in [2.45, 2.75) is 6.61 Å². The zero-order valence-electron chi connectivity index (χ0n) is 12.0. The van der Waals surface area contributed by atoms with Gasteiger partial charge in [0.15, 0.2) is 11.5 Å². The number of aromatic nitrogens is 1. The maximum atomic E-state index is 9.55. The van der Waals surface area contributed by atoms with Crippen molar-refractivity contribution in [3.05, 3.63) is 54.2 Å². The highest BCUT2D eigenvalue weighted by molar-refractivity contribution is 5.82. The molecule has 0 saturated heterocycles. The van der Waals surface area contributed by atoms with E-state index in [1.165, 1.54) is 0 Å². The summed E-state index contributed by atoms with van der Waals surface area (Å²) in [6, 6.07) is 14.9. The summed E-state index contributed by atoms with van der Waals surface area (Å²) in [5.41, 5.74) is 2.09. The van der Waals surface area contributed by atoms with Gasteiger partial charge >= 0.3 is 0 Å². The Morgan fingerprint density at radius 2 is 1.81 bits per heavy atom.